The van der Waals surface area contributed by atoms with Gasteiger partial charge in [0.1, 0.15) is 11.2 Å². The Morgan fingerprint density at radius 2 is 2.00 bits per heavy atom. The molecule has 27 heavy (non-hydrogen) atoms. The van der Waals surface area contributed by atoms with Crippen LogP contribution in [-0.4, -0.2) is 31.8 Å². The maximum Gasteiger partial charge on any atom is 0.224 e. The molecule has 0 spiro atoms. The number of nitrogens with two attached hydrogens (primary N) is 1. The number of hydrogen-bond acceptors (Lipinski definition) is 6. The van der Waals surface area contributed by atoms with Crippen molar-refractivity contribution >= 4 is 17.0 Å². The lowest BCUT2D eigenvalue weighted by Gasteiger charge is -2.26. The van der Waals surface area contributed by atoms with Gasteiger partial charge in [0.05, 0.1) is 12.5 Å². The Kier molecular flexibility index (Phi) is 4.11. The SMILES string of the molecule is Cn1ncc(-c2nc(N[C@H]3CC[C@H](N)CC3)nc3ccoc23)c1CC1CC1. The molecule has 142 valence electrons. The Bertz CT molecular complexity index is 949. The van der Waals surface area contributed by atoms with Gasteiger partial charge in [-0.05, 0) is 50.9 Å². The lowest BCUT2D eigenvalue weighted by atomic mass is 9.92. The Labute approximate surface area is 158 Å². The van der Waals surface area contributed by atoms with Gasteiger partial charge >= 0.3 is 0 Å². The Morgan fingerprint density at radius 1 is 1.19 bits per heavy atom. The lowest BCUT2D eigenvalue weighted by molar-refractivity contribution is 0.410. The molecule has 0 atom stereocenters. The first-order valence-electron chi connectivity index (χ1n) is 9.96. The molecule has 3 aromatic rings. The highest BCUT2D eigenvalue weighted by Crippen LogP contribution is 2.37. The number of rotatable bonds is 5. The molecule has 0 unspecified atom stereocenters. The van der Waals surface area contributed by atoms with Gasteiger partial charge in [-0.2, -0.15) is 5.10 Å². The lowest BCUT2D eigenvalue weighted by Crippen LogP contribution is -2.33. The monoisotopic (exact) mass is 366 g/mol. The van der Waals surface area contributed by atoms with E-state index in [0.29, 0.717) is 18.0 Å². The molecule has 0 bridgehead atoms. The molecule has 7 nitrogen and oxygen atoms in total. The molecule has 3 heterocycles. The molecule has 0 aliphatic heterocycles. The van der Waals surface area contributed by atoms with Gasteiger partial charge in [-0.3, -0.25) is 4.68 Å². The number of furan rings is 1. The standard InChI is InChI=1S/C20H26N6O/c1-26-17(10-12-2-3-12)15(11-22-26)18-19-16(8-9-27-19)24-20(25-18)23-14-6-4-13(21)5-7-14/h8-9,11-14H,2-7,10,21H2,1H3,(H,23,24,25)/t13-,14-. The molecule has 7 heteroatoms. The number of fused-ring (bicyclic) bond motifs is 1. The fraction of sp³-hybridized carbons (Fsp3) is 0.550. The zero-order valence-corrected chi connectivity index (χ0v) is 15.7. The van der Waals surface area contributed by atoms with Crippen LogP contribution in [-0.2, 0) is 13.5 Å². The second-order valence-electron chi connectivity index (χ2n) is 8.06. The van der Waals surface area contributed by atoms with Crippen molar-refractivity contribution in [2.24, 2.45) is 18.7 Å². The second-order valence-corrected chi connectivity index (χ2v) is 8.06. The summed E-state index contributed by atoms with van der Waals surface area (Å²) < 4.78 is 7.71. The van der Waals surface area contributed by atoms with Crippen molar-refractivity contribution in [1.29, 1.82) is 0 Å². The number of aryl methyl sites for hydroxylation is 1. The molecule has 2 aliphatic carbocycles. The van der Waals surface area contributed by atoms with Crippen molar-refractivity contribution in [2.45, 2.75) is 57.0 Å². The van der Waals surface area contributed by atoms with Crippen LogP contribution >= 0.6 is 0 Å². The first-order chi connectivity index (χ1) is 13.2. The summed E-state index contributed by atoms with van der Waals surface area (Å²) >= 11 is 0. The molecule has 2 aliphatic rings. The van der Waals surface area contributed by atoms with Gasteiger partial charge in [-0.25, -0.2) is 9.97 Å². The van der Waals surface area contributed by atoms with E-state index in [2.05, 4.69) is 15.4 Å². The Morgan fingerprint density at radius 3 is 2.78 bits per heavy atom. The van der Waals surface area contributed by atoms with Crippen LogP contribution in [0.15, 0.2) is 22.9 Å². The maximum absolute atomic E-state index is 6.03. The number of hydrogen-bond donors (Lipinski definition) is 2. The third-order valence-corrected chi connectivity index (χ3v) is 5.90. The van der Waals surface area contributed by atoms with E-state index in [1.807, 2.05) is 24.0 Å². The summed E-state index contributed by atoms with van der Waals surface area (Å²) in [6.45, 7) is 0. The van der Waals surface area contributed by atoms with E-state index in [1.54, 1.807) is 6.26 Å². The van der Waals surface area contributed by atoms with Crippen molar-refractivity contribution in [3.8, 4) is 11.3 Å². The number of anilines is 1. The highest BCUT2D eigenvalue weighted by atomic mass is 16.3. The Hall–Kier alpha value is -2.41. The topological polar surface area (TPSA) is 94.8 Å². The largest absolute Gasteiger partial charge is 0.460 e. The first kappa shape index (κ1) is 16.7. The third-order valence-electron chi connectivity index (χ3n) is 5.90. The van der Waals surface area contributed by atoms with E-state index >= 15 is 0 Å². The minimum Gasteiger partial charge on any atom is -0.460 e. The molecule has 0 radical (unpaired) electrons. The van der Waals surface area contributed by atoms with Crippen molar-refractivity contribution in [1.82, 2.24) is 19.7 Å². The highest BCUT2D eigenvalue weighted by molar-refractivity contribution is 5.89. The van der Waals surface area contributed by atoms with Gasteiger partial charge in [-0.15, -0.1) is 0 Å². The van der Waals surface area contributed by atoms with Crippen LogP contribution in [0.1, 0.15) is 44.2 Å². The number of nitrogens with one attached hydrogen (secondary N) is 1. The van der Waals surface area contributed by atoms with E-state index in [9.17, 15) is 0 Å². The van der Waals surface area contributed by atoms with Crippen LogP contribution in [0.3, 0.4) is 0 Å². The summed E-state index contributed by atoms with van der Waals surface area (Å²) in [5.41, 5.74) is 10.7. The molecule has 0 amide bonds. The third kappa shape index (κ3) is 3.32. The zero-order chi connectivity index (χ0) is 18.4. The van der Waals surface area contributed by atoms with Crippen molar-refractivity contribution in [2.75, 3.05) is 5.32 Å². The molecule has 2 fully saturated rings. The van der Waals surface area contributed by atoms with Gasteiger partial charge in [0.25, 0.3) is 0 Å². The van der Waals surface area contributed by atoms with Crippen LogP contribution < -0.4 is 11.1 Å². The van der Waals surface area contributed by atoms with Crippen molar-refractivity contribution in [3.63, 3.8) is 0 Å². The van der Waals surface area contributed by atoms with Crippen molar-refractivity contribution < 1.29 is 4.42 Å². The normalized spacial score (nSPS) is 23.0. The molecule has 3 N–H and O–H groups in total. The minimum absolute atomic E-state index is 0.330. The smallest absolute Gasteiger partial charge is 0.224 e. The molecular formula is C20H26N6O. The summed E-state index contributed by atoms with van der Waals surface area (Å²) in [6.07, 6.45) is 11.5. The van der Waals surface area contributed by atoms with Gasteiger partial charge in [0.15, 0.2) is 5.58 Å². The average molecular weight is 366 g/mol. The predicted octanol–water partition coefficient (Wildman–Crippen LogP) is 3.26. The van der Waals surface area contributed by atoms with Crippen LogP contribution in [0.2, 0.25) is 0 Å². The van der Waals surface area contributed by atoms with E-state index in [1.165, 1.54) is 18.5 Å². The molecule has 0 saturated heterocycles. The zero-order valence-electron chi connectivity index (χ0n) is 15.7. The van der Waals surface area contributed by atoms with Crippen LogP contribution in [0.5, 0.6) is 0 Å². The van der Waals surface area contributed by atoms with Crippen LogP contribution in [0.25, 0.3) is 22.4 Å². The van der Waals surface area contributed by atoms with Gasteiger partial charge in [0.2, 0.25) is 5.95 Å². The van der Waals surface area contributed by atoms with E-state index < -0.39 is 0 Å². The van der Waals surface area contributed by atoms with Crippen LogP contribution in [0, 0.1) is 5.92 Å². The van der Waals surface area contributed by atoms with Gasteiger partial charge in [0, 0.05) is 36.5 Å². The van der Waals surface area contributed by atoms with E-state index in [0.717, 1.165) is 60.4 Å². The van der Waals surface area contributed by atoms with Gasteiger partial charge in [-0.1, -0.05) is 0 Å². The molecule has 5 rings (SSSR count). The van der Waals surface area contributed by atoms with Crippen LogP contribution in [0.4, 0.5) is 5.95 Å². The summed E-state index contributed by atoms with van der Waals surface area (Å²) in [7, 11) is 2.01. The summed E-state index contributed by atoms with van der Waals surface area (Å²) in [6, 6.07) is 2.61. The quantitative estimate of drug-likeness (QED) is 0.720. The molecule has 0 aromatic carbocycles. The average Bonchev–Trinajstić information content (AvgIpc) is 3.23. The van der Waals surface area contributed by atoms with Crippen molar-refractivity contribution in [3.05, 3.63) is 24.2 Å². The first-order valence-corrected chi connectivity index (χ1v) is 9.96. The number of nitrogens with zero attached hydrogens (tertiary/aromatic N) is 4. The molecule has 2 saturated carbocycles. The summed E-state index contributed by atoms with van der Waals surface area (Å²) in [5, 5.41) is 8.03. The predicted molar refractivity (Wildman–Crippen MR) is 104 cm³/mol. The minimum atomic E-state index is 0.330. The number of aromatic nitrogens is 4. The molecular weight excluding hydrogens is 340 g/mol. The van der Waals surface area contributed by atoms with E-state index in [-0.39, 0.29) is 0 Å². The van der Waals surface area contributed by atoms with Gasteiger partial charge < -0.3 is 15.5 Å². The van der Waals surface area contributed by atoms with E-state index in [4.69, 9.17) is 15.1 Å². The highest BCUT2D eigenvalue weighted by Gasteiger charge is 2.27. The fourth-order valence-electron chi connectivity index (χ4n) is 4.05. The summed E-state index contributed by atoms with van der Waals surface area (Å²) in [5.74, 6) is 1.44. The summed E-state index contributed by atoms with van der Waals surface area (Å²) in [4.78, 5) is 9.53. The maximum atomic E-state index is 6.03. The molecule has 3 aromatic heterocycles. The fourth-order valence-corrected chi connectivity index (χ4v) is 4.05. The second kappa shape index (κ2) is 6.64. The Balaban J connectivity index is 1.51.